The van der Waals surface area contributed by atoms with Crippen LogP contribution in [0.1, 0.15) is 31.9 Å². The third-order valence-corrected chi connectivity index (χ3v) is 5.86. The maximum Gasteiger partial charge on any atom is 0.416 e. The topological polar surface area (TPSA) is 84.1 Å². The summed E-state index contributed by atoms with van der Waals surface area (Å²) in [6.45, 7) is 2.10. The Labute approximate surface area is 174 Å². The number of aromatic nitrogens is 2. The number of hydrogen-bond donors (Lipinski definition) is 2. The number of carbonyl (C=O) groups is 1. The first-order chi connectivity index (χ1) is 14.3. The van der Waals surface area contributed by atoms with Gasteiger partial charge < -0.3 is 11.1 Å². The zero-order chi connectivity index (χ0) is 21.3. The van der Waals surface area contributed by atoms with Crippen molar-refractivity contribution >= 4 is 28.9 Å². The van der Waals surface area contributed by atoms with Crippen molar-refractivity contribution in [2.45, 2.75) is 25.7 Å². The predicted octanol–water partition coefficient (Wildman–Crippen LogP) is 3.95. The molecule has 10 heteroatoms. The number of anilines is 2. The molecule has 3 aromatic rings. The average molecular weight is 433 g/mol. The Morgan fingerprint density at radius 3 is 2.77 bits per heavy atom. The van der Waals surface area contributed by atoms with Gasteiger partial charge in [-0.3, -0.25) is 9.69 Å². The molecule has 3 heterocycles. The summed E-state index contributed by atoms with van der Waals surface area (Å²) in [4.78, 5) is 24.0. The van der Waals surface area contributed by atoms with Crippen LogP contribution in [0, 0.1) is 0 Å². The molecular formula is C20H18F3N5OS. The maximum absolute atomic E-state index is 12.9. The molecular weight excluding hydrogens is 415 g/mol. The summed E-state index contributed by atoms with van der Waals surface area (Å²) >= 11 is 1.48. The molecule has 0 atom stereocenters. The van der Waals surface area contributed by atoms with Crippen LogP contribution < -0.4 is 11.1 Å². The molecule has 0 spiro atoms. The van der Waals surface area contributed by atoms with Crippen LogP contribution in [0.25, 0.3) is 0 Å². The number of carbonyl (C=O) groups excluding carboxylic acids is 1. The number of fused-ring (bicyclic) bond motifs is 1. The minimum absolute atomic E-state index is 0.121. The average Bonchev–Trinajstić information content (AvgIpc) is 3.13. The van der Waals surface area contributed by atoms with Crippen molar-refractivity contribution < 1.29 is 18.0 Å². The van der Waals surface area contributed by atoms with E-state index in [1.54, 1.807) is 17.8 Å². The molecule has 0 fully saturated rings. The minimum Gasteiger partial charge on any atom is -0.368 e. The van der Waals surface area contributed by atoms with E-state index in [4.69, 9.17) is 5.73 Å². The van der Waals surface area contributed by atoms with Crippen molar-refractivity contribution in [2.75, 3.05) is 17.6 Å². The molecule has 0 saturated carbocycles. The number of nitrogens with zero attached hydrogens (tertiary/aromatic N) is 3. The molecule has 30 heavy (non-hydrogen) atoms. The molecule has 1 aliphatic heterocycles. The van der Waals surface area contributed by atoms with E-state index < -0.39 is 17.6 Å². The summed E-state index contributed by atoms with van der Waals surface area (Å²) < 4.78 is 38.7. The van der Waals surface area contributed by atoms with Crippen LogP contribution in [0.3, 0.4) is 0 Å². The lowest BCUT2D eigenvalue weighted by Gasteiger charge is -2.27. The normalized spacial score (nSPS) is 14.4. The monoisotopic (exact) mass is 433 g/mol. The molecule has 156 valence electrons. The second kappa shape index (κ2) is 8.04. The summed E-state index contributed by atoms with van der Waals surface area (Å²) in [6.07, 6.45) is -0.387. The van der Waals surface area contributed by atoms with E-state index in [0.29, 0.717) is 25.1 Å². The fraction of sp³-hybridized carbons (Fsp3) is 0.250. The van der Waals surface area contributed by atoms with Gasteiger partial charge in [0.05, 0.1) is 11.1 Å². The number of nitrogen functional groups attached to an aromatic ring is 1. The largest absolute Gasteiger partial charge is 0.416 e. The SMILES string of the molecule is Nc1ncc(CN2CCc3c(C(=O)Nc4cccc(C(F)(F)F)c4)csc3C2)cn1. The van der Waals surface area contributed by atoms with Crippen LogP contribution in [0.4, 0.5) is 24.8 Å². The van der Waals surface area contributed by atoms with Crippen LogP contribution in [0.15, 0.2) is 42.0 Å². The van der Waals surface area contributed by atoms with E-state index in [9.17, 15) is 18.0 Å². The van der Waals surface area contributed by atoms with E-state index in [0.717, 1.165) is 34.7 Å². The number of thiophene rings is 1. The Morgan fingerprint density at radius 1 is 1.27 bits per heavy atom. The maximum atomic E-state index is 12.9. The molecule has 1 amide bonds. The Hall–Kier alpha value is -2.98. The highest BCUT2D eigenvalue weighted by atomic mass is 32.1. The highest BCUT2D eigenvalue weighted by molar-refractivity contribution is 7.10. The van der Waals surface area contributed by atoms with Crippen LogP contribution in [-0.4, -0.2) is 27.3 Å². The third kappa shape index (κ3) is 4.44. The molecule has 0 aliphatic carbocycles. The fourth-order valence-corrected chi connectivity index (χ4v) is 4.50. The van der Waals surface area contributed by atoms with Crippen molar-refractivity contribution in [1.82, 2.24) is 14.9 Å². The summed E-state index contributed by atoms with van der Waals surface area (Å²) in [6, 6.07) is 4.64. The van der Waals surface area contributed by atoms with Gasteiger partial charge in [0, 0.05) is 53.5 Å². The molecule has 3 N–H and O–H groups in total. The van der Waals surface area contributed by atoms with Crippen LogP contribution in [0.5, 0.6) is 0 Å². The first-order valence-corrected chi connectivity index (χ1v) is 10.0. The van der Waals surface area contributed by atoms with E-state index in [-0.39, 0.29) is 11.6 Å². The number of benzene rings is 1. The fourth-order valence-electron chi connectivity index (χ4n) is 3.38. The van der Waals surface area contributed by atoms with Gasteiger partial charge in [-0.05, 0) is 30.2 Å². The lowest BCUT2D eigenvalue weighted by molar-refractivity contribution is -0.137. The van der Waals surface area contributed by atoms with Crippen LogP contribution in [0.2, 0.25) is 0 Å². The van der Waals surface area contributed by atoms with Gasteiger partial charge in [-0.25, -0.2) is 9.97 Å². The van der Waals surface area contributed by atoms with Gasteiger partial charge in [0.15, 0.2) is 0 Å². The standard InChI is InChI=1S/C20H18F3N5OS/c21-20(22,23)13-2-1-3-14(6-13)27-18(29)16-11-30-17-10-28(5-4-15(16)17)9-12-7-25-19(24)26-8-12/h1-3,6-8,11H,4-5,9-10H2,(H,27,29)(H2,24,25,26). The molecule has 1 aliphatic rings. The highest BCUT2D eigenvalue weighted by Gasteiger charge is 2.31. The molecule has 0 radical (unpaired) electrons. The zero-order valence-corrected chi connectivity index (χ0v) is 16.6. The molecule has 2 aromatic heterocycles. The minimum atomic E-state index is -4.46. The molecule has 0 saturated heterocycles. The van der Waals surface area contributed by atoms with Crippen molar-refractivity contribution in [2.24, 2.45) is 0 Å². The van der Waals surface area contributed by atoms with Crippen LogP contribution in [-0.2, 0) is 25.7 Å². The number of hydrogen-bond acceptors (Lipinski definition) is 6. The molecule has 0 unspecified atom stereocenters. The number of amides is 1. The summed E-state index contributed by atoms with van der Waals surface area (Å²) in [5.41, 5.74) is 7.26. The van der Waals surface area contributed by atoms with Gasteiger partial charge in [-0.2, -0.15) is 13.2 Å². The summed E-state index contributed by atoms with van der Waals surface area (Å²) in [5, 5.41) is 4.36. The van der Waals surface area contributed by atoms with Crippen molar-refractivity contribution in [1.29, 1.82) is 0 Å². The number of nitrogens with one attached hydrogen (secondary N) is 1. The van der Waals surface area contributed by atoms with Gasteiger partial charge >= 0.3 is 6.18 Å². The molecule has 0 bridgehead atoms. The first kappa shape index (κ1) is 20.3. The second-order valence-corrected chi connectivity index (χ2v) is 7.96. The second-order valence-electron chi connectivity index (χ2n) is 6.99. The quantitative estimate of drug-likeness (QED) is 0.651. The third-order valence-electron chi connectivity index (χ3n) is 4.85. The zero-order valence-electron chi connectivity index (χ0n) is 15.7. The van der Waals surface area contributed by atoms with E-state index in [1.165, 1.54) is 23.5 Å². The van der Waals surface area contributed by atoms with Gasteiger partial charge in [-0.1, -0.05) is 6.07 Å². The first-order valence-electron chi connectivity index (χ1n) is 9.16. The van der Waals surface area contributed by atoms with E-state index in [2.05, 4.69) is 20.2 Å². The highest BCUT2D eigenvalue weighted by Crippen LogP contribution is 2.32. The number of rotatable bonds is 4. The van der Waals surface area contributed by atoms with Gasteiger partial charge in [0.2, 0.25) is 5.95 Å². The van der Waals surface area contributed by atoms with Crippen molar-refractivity contribution in [3.05, 3.63) is 69.2 Å². The number of alkyl halides is 3. The van der Waals surface area contributed by atoms with Crippen molar-refractivity contribution in [3.8, 4) is 0 Å². The molecule has 1 aromatic carbocycles. The Morgan fingerprint density at radius 2 is 2.03 bits per heavy atom. The summed E-state index contributed by atoms with van der Waals surface area (Å²) in [7, 11) is 0. The van der Waals surface area contributed by atoms with E-state index >= 15 is 0 Å². The van der Waals surface area contributed by atoms with Crippen LogP contribution >= 0.6 is 11.3 Å². The number of nitrogens with two attached hydrogens (primary N) is 1. The molecule has 4 rings (SSSR count). The van der Waals surface area contributed by atoms with Crippen molar-refractivity contribution in [3.63, 3.8) is 0 Å². The predicted molar refractivity (Wildman–Crippen MR) is 108 cm³/mol. The van der Waals surface area contributed by atoms with Gasteiger partial charge in [-0.15, -0.1) is 11.3 Å². The van der Waals surface area contributed by atoms with Gasteiger partial charge in [0.25, 0.3) is 5.91 Å². The molecule has 6 nitrogen and oxygen atoms in total. The van der Waals surface area contributed by atoms with Gasteiger partial charge in [0.1, 0.15) is 0 Å². The summed E-state index contributed by atoms with van der Waals surface area (Å²) in [5.74, 6) is -0.165. The Balaban J connectivity index is 1.45. The Bertz CT molecular complexity index is 1070. The lowest BCUT2D eigenvalue weighted by atomic mass is 10.0. The van der Waals surface area contributed by atoms with E-state index in [1.807, 2.05) is 0 Å². The lowest BCUT2D eigenvalue weighted by Crippen LogP contribution is -2.30. The smallest absolute Gasteiger partial charge is 0.368 e. The Kier molecular flexibility index (Phi) is 5.44. The number of halogens is 3.